The lowest BCUT2D eigenvalue weighted by Gasteiger charge is -2.29. The van der Waals surface area contributed by atoms with Crippen molar-refractivity contribution in [3.63, 3.8) is 0 Å². The Hall–Kier alpha value is -2.71. The molecule has 7 nitrogen and oxygen atoms in total. The Morgan fingerprint density at radius 1 is 1.12 bits per heavy atom. The summed E-state index contributed by atoms with van der Waals surface area (Å²) in [6.45, 7) is 7.48. The van der Waals surface area contributed by atoms with Crippen molar-refractivity contribution in [3.8, 4) is 10.6 Å². The summed E-state index contributed by atoms with van der Waals surface area (Å²) < 4.78 is 1.31. The molecule has 0 unspecified atom stereocenters. The monoisotopic (exact) mass is 471 g/mol. The zero-order valence-corrected chi connectivity index (χ0v) is 20.2. The van der Waals surface area contributed by atoms with Crippen LogP contribution >= 0.6 is 22.9 Å². The van der Waals surface area contributed by atoms with E-state index >= 15 is 0 Å². The Kier molecular flexibility index (Phi) is 6.35. The summed E-state index contributed by atoms with van der Waals surface area (Å²) in [4.78, 5) is 32.9. The predicted molar refractivity (Wildman–Crippen MR) is 130 cm³/mol. The number of thiazole rings is 1. The topological polar surface area (TPSA) is 80.1 Å². The number of piperidine rings is 1. The summed E-state index contributed by atoms with van der Waals surface area (Å²) in [5, 5.41) is 8.28. The zero-order chi connectivity index (χ0) is 23.0. The standard InChI is InChI=1S/C23H26ClN5O2S/c1-13-14(2)27-28(4)23(31)19(13)22-25-15(3)20(32-22)21(30)26-16-8-9-18(17(24)12-16)29-10-6-5-7-11-29/h8-9,12H,5-7,10-11H2,1-4H3,(H,26,30). The Morgan fingerprint density at radius 3 is 2.53 bits per heavy atom. The van der Waals surface area contributed by atoms with Gasteiger partial charge < -0.3 is 10.2 Å². The molecule has 1 aromatic carbocycles. The molecule has 32 heavy (non-hydrogen) atoms. The van der Waals surface area contributed by atoms with Crippen molar-refractivity contribution in [3.05, 3.63) is 55.4 Å². The minimum Gasteiger partial charge on any atom is -0.370 e. The van der Waals surface area contributed by atoms with Gasteiger partial charge in [0.2, 0.25) is 0 Å². The second-order valence-electron chi connectivity index (χ2n) is 8.12. The smallest absolute Gasteiger partial charge is 0.277 e. The fourth-order valence-electron chi connectivity index (χ4n) is 3.98. The molecule has 1 fully saturated rings. The van der Waals surface area contributed by atoms with E-state index in [-0.39, 0.29) is 11.5 Å². The highest BCUT2D eigenvalue weighted by atomic mass is 35.5. The minimum absolute atomic E-state index is 0.228. The summed E-state index contributed by atoms with van der Waals surface area (Å²) in [6, 6.07) is 5.62. The van der Waals surface area contributed by atoms with E-state index in [1.54, 1.807) is 20.0 Å². The maximum atomic E-state index is 13.0. The van der Waals surface area contributed by atoms with E-state index in [0.29, 0.717) is 31.9 Å². The van der Waals surface area contributed by atoms with E-state index in [2.05, 4.69) is 20.3 Å². The van der Waals surface area contributed by atoms with Crippen molar-refractivity contribution in [2.45, 2.75) is 40.0 Å². The van der Waals surface area contributed by atoms with Gasteiger partial charge in [-0.15, -0.1) is 11.3 Å². The lowest BCUT2D eigenvalue weighted by Crippen LogP contribution is -2.29. The van der Waals surface area contributed by atoms with Gasteiger partial charge in [-0.3, -0.25) is 9.59 Å². The average molecular weight is 472 g/mol. The Morgan fingerprint density at radius 2 is 1.84 bits per heavy atom. The van der Waals surface area contributed by atoms with Crippen LogP contribution in [0, 0.1) is 20.8 Å². The molecule has 1 saturated heterocycles. The number of aromatic nitrogens is 3. The van der Waals surface area contributed by atoms with Crippen molar-refractivity contribution in [1.82, 2.24) is 14.8 Å². The molecule has 1 aliphatic heterocycles. The van der Waals surface area contributed by atoms with Gasteiger partial charge in [0.1, 0.15) is 9.88 Å². The third kappa shape index (κ3) is 4.29. The third-order valence-electron chi connectivity index (χ3n) is 5.84. The fourth-order valence-corrected chi connectivity index (χ4v) is 5.33. The van der Waals surface area contributed by atoms with Crippen LogP contribution in [0.5, 0.6) is 0 Å². The summed E-state index contributed by atoms with van der Waals surface area (Å²) in [7, 11) is 1.61. The minimum atomic E-state index is -0.270. The Labute approximate surface area is 196 Å². The second-order valence-corrected chi connectivity index (χ2v) is 9.52. The van der Waals surface area contributed by atoms with Gasteiger partial charge in [0, 0.05) is 25.8 Å². The number of nitrogens with zero attached hydrogens (tertiary/aromatic N) is 4. The maximum Gasteiger partial charge on any atom is 0.277 e. The predicted octanol–water partition coefficient (Wildman–Crippen LogP) is 4.73. The van der Waals surface area contributed by atoms with Crippen LogP contribution in [0.15, 0.2) is 23.0 Å². The number of carbonyl (C=O) groups excluding carboxylic acids is 1. The molecule has 0 aliphatic carbocycles. The van der Waals surface area contributed by atoms with Crippen molar-refractivity contribution < 1.29 is 4.79 Å². The highest BCUT2D eigenvalue weighted by Gasteiger charge is 2.22. The number of aryl methyl sites for hydroxylation is 3. The van der Waals surface area contributed by atoms with E-state index in [4.69, 9.17) is 11.6 Å². The molecule has 1 amide bonds. The first-order chi connectivity index (χ1) is 15.3. The molecular formula is C23H26ClN5O2S. The quantitative estimate of drug-likeness (QED) is 0.595. The van der Waals surface area contributed by atoms with Crippen LogP contribution < -0.4 is 15.8 Å². The Bertz CT molecular complexity index is 1240. The first-order valence-electron chi connectivity index (χ1n) is 10.6. The lowest BCUT2D eigenvalue weighted by molar-refractivity contribution is 0.103. The maximum absolute atomic E-state index is 13.0. The molecule has 9 heteroatoms. The first kappa shape index (κ1) is 22.5. The zero-order valence-electron chi connectivity index (χ0n) is 18.7. The molecule has 0 bridgehead atoms. The number of rotatable bonds is 4. The first-order valence-corrected chi connectivity index (χ1v) is 11.8. The lowest BCUT2D eigenvalue weighted by atomic mass is 10.1. The van der Waals surface area contributed by atoms with Crippen molar-refractivity contribution in [2.75, 3.05) is 23.3 Å². The molecule has 0 spiro atoms. The van der Waals surface area contributed by atoms with Crippen LogP contribution in [0.1, 0.15) is 45.9 Å². The number of benzene rings is 1. The molecule has 4 rings (SSSR count). The van der Waals surface area contributed by atoms with E-state index in [1.807, 2.05) is 26.0 Å². The molecule has 1 aliphatic rings. The van der Waals surface area contributed by atoms with Gasteiger partial charge in [-0.25, -0.2) is 9.67 Å². The van der Waals surface area contributed by atoms with Crippen LogP contribution in [0.3, 0.4) is 0 Å². The number of hydrogen-bond donors (Lipinski definition) is 1. The fraction of sp³-hybridized carbons (Fsp3) is 0.391. The van der Waals surface area contributed by atoms with Crippen LogP contribution in [-0.2, 0) is 7.05 Å². The van der Waals surface area contributed by atoms with Gasteiger partial charge in [0.05, 0.1) is 27.7 Å². The van der Waals surface area contributed by atoms with Crippen LogP contribution in [0.4, 0.5) is 11.4 Å². The van der Waals surface area contributed by atoms with Gasteiger partial charge in [-0.2, -0.15) is 5.10 Å². The molecule has 3 aromatic rings. The molecule has 0 saturated carbocycles. The molecule has 168 valence electrons. The summed E-state index contributed by atoms with van der Waals surface area (Å²) in [5.74, 6) is -0.270. The molecule has 0 radical (unpaired) electrons. The highest BCUT2D eigenvalue weighted by Crippen LogP contribution is 2.32. The second kappa shape index (κ2) is 9.03. The summed E-state index contributed by atoms with van der Waals surface area (Å²) in [6.07, 6.45) is 3.59. The van der Waals surface area contributed by atoms with Crippen molar-refractivity contribution >= 4 is 40.2 Å². The van der Waals surface area contributed by atoms with Gasteiger partial charge in [-0.1, -0.05) is 11.6 Å². The van der Waals surface area contributed by atoms with Gasteiger partial charge >= 0.3 is 0 Å². The van der Waals surface area contributed by atoms with Crippen molar-refractivity contribution in [2.24, 2.45) is 7.05 Å². The van der Waals surface area contributed by atoms with E-state index in [9.17, 15) is 9.59 Å². The normalized spacial score (nSPS) is 14.0. The highest BCUT2D eigenvalue weighted by molar-refractivity contribution is 7.17. The molecular weight excluding hydrogens is 446 g/mol. The van der Waals surface area contributed by atoms with E-state index in [1.165, 1.54) is 35.3 Å². The van der Waals surface area contributed by atoms with Gasteiger partial charge in [0.15, 0.2) is 0 Å². The number of carbonyl (C=O) groups is 1. The third-order valence-corrected chi connectivity index (χ3v) is 7.32. The largest absolute Gasteiger partial charge is 0.370 e. The van der Waals surface area contributed by atoms with Crippen LogP contribution in [0.2, 0.25) is 5.02 Å². The number of nitrogens with one attached hydrogen (secondary N) is 1. The summed E-state index contributed by atoms with van der Waals surface area (Å²) in [5.41, 5.74) is 3.99. The number of anilines is 2. The van der Waals surface area contributed by atoms with E-state index < -0.39 is 0 Å². The SMILES string of the molecule is Cc1nc(-c2c(C)c(C)nn(C)c2=O)sc1C(=O)Nc1ccc(N2CCCCC2)c(Cl)c1. The average Bonchev–Trinajstić information content (AvgIpc) is 3.14. The molecule has 1 N–H and O–H groups in total. The molecule has 0 atom stereocenters. The number of amides is 1. The number of halogens is 1. The number of hydrogen-bond acceptors (Lipinski definition) is 6. The van der Waals surface area contributed by atoms with E-state index in [0.717, 1.165) is 30.0 Å². The summed E-state index contributed by atoms with van der Waals surface area (Å²) >= 11 is 7.74. The molecule has 2 aromatic heterocycles. The Balaban J connectivity index is 1.59. The van der Waals surface area contributed by atoms with Gasteiger partial charge in [0.25, 0.3) is 11.5 Å². The van der Waals surface area contributed by atoms with Crippen molar-refractivity contribution in [1.29, 1.82) is 0 Å². The van der Waals surface area contributed by atoms with Crippen LogP contribution in [-0.4, -0.2) is 33.8 Å². The van der Waals surface area contributed by atoms with Crippen LogP contribution in [0.25, 0.3) is 10.6 Å². The molecule has 3 heterocycles. The van der Waals surface area contributed by atoms with Gasteiger partial charge in [-0.05, 0) is 63.8 Å².